The van der Waals surface area contributed by atoms with Crippen molar-refractivity contribution in [2.45, 2.75) is 0 Å². The van der Waals surface area contributed by atoms with Gasteiger partial charge in [-0.1, -0.05) is 23.2 Å². The molecule has 3 aromatic rings. The van der Waals surface area contributed by atoms with E-state index in [0.717, 1.165) is 0 Å². The highest BCUT2D eigenvalue weighted by Crippen LogP contribution is 2.26. The van der Waals surface area contributed by atoms with E-state index in [-0.39, 0.29) is 5.69 Å². The molecule has 106 valence electrons. The van der Waals surface area contributed by atoms with Crippen LogP contribution in [0.4, 0.5) is 10.1 Å². The quantitative estimate of drug-likeness (QED) is 0.734. The molecule has 1 heterocycles. The van der Waals surface area contributed by atoms with Crippen LogP contribution in [0.3, 0.4) is 0 Å². The zero-order valence-electron chi connectivity index (χ0n) is 10.5. The lowest BCUT2D eigenvalue weighted by Crippen LogP contribution is -2.00. The Morgan fingerprint density at radius 2 is 1.76 bits per heavy atom. The van der Waals surface area contributed by atoms with Crippen molar-refractivity contribution >= 4 is 28.9 Å². The largest absolute Gasteiger partial charge is 0.396 e. The zero-order valence-corrected chi connectivity index (χ0v) is 12.0. The van der Waals surface area contributed by atoms with Crippen LogP contribution in [0.1, 0.15) is 0 Å². The Morgan fingerprint density at radius 1 is 1.05 bits per heavy atom. The fourth-order valence-electron chi connectivity index (χ4n) is 1.87. The number of rotatable bonds is 2. The second-order valence-electron chi connectivity index (χ2n) is 4.28. The number of benzene rings is 2. The fraction of sp³-hybridized carbons (Fsp3) is 0. The van der Waals surface area contributed by atoms with Crippen molar-refractivity contribution in [3.63, 3.8) is 0 Å². The molecule has 8 heteroatoms. The highest BCUT2D eigenvalue weighted by Gasteiger charge is 2.13. The van der Waals surface area contributed by atoms with E-state index in [1.165, 1.54) is 16.8 Å². The maximum Gasteiger partial charge on any atom is 0.187 e. The van der Waals surface area contributed by atoms with Crippen LogP contribution in [-0.2, 0) is 0 Å². The standard InChI is InChI=1S/C13H8Cl2FN5/c14-8-4-9(15)6-10(5-8)21-13(18-19-20-21)7-1-2-12(17)11(16)3-7/h1-6H,17H2. The second-order valence-corrected chi connectivity index (χ2v) is 5.15. The number of anilines is 1. The van der Waals surface area contributed by atoms with Crippen LogP contribution in [0.25, 0.3) is 17.1 Å². The van der Waals surface area contributed by atoms with Crippen molar-refractivity contribution in [3.8, 4) is 17.1 Å². The molecule has 0 radical (unpaired) electrons. The van der Waals surface area contributed by atoms with Gasteiger partial charge in [0.1, 0.15) is 5.82 Å². The second kappa shape index (κ2) is 5.31. The number of halogens is 3. The molecule has 0 spiro atoms. The van der Waals surface area contributed by atoms with Crippen LogP contribution in [-0.4, -0.2) is 20.2 Å². The maximum absolute atomic E-state index is 13.6. The molecule has 0 aliphatic heterocycles. The normalized spacial score (nSPS) is 10.8. The third kappa shape index (κ3) is 2.68. The molecule has 3 rings (SSSR count). The lowest BCUT2D eigenvalue weighted by Gasteiger charge is -2.06. The van der Waals surface area contributed by atoms with Gasteiger partial charge in [0, 0.05) is 15.6 Å². The minimum Gasteiger partial charge on any atom is -0.396 e. The Kier molecular flexibility index (Phi) is 3.48. The minimum atomic E-state index is -0.536. The highest BCUT2D eigenvalue weighted by molar-refractivity contribution is 6.34. The summed E-state index contributed by atoms with van der Waals surface area (Å²) in [6.45, 7) is 0. The number of tetrazole rings is 1. The SMILES string of the molecule is Nc1ccc(-c2nnnn2-c2cc(Cl)cc(Cl)c2)cc1F. The number of nitrogen functional groups attached to an aromatic ring is 1. The van der Waals surface area contributed by atoms with E-state index in [9.17, 15) is 4.39 Å². The number of hydrogen-bond donors (Lipinski definition) is 1. The minimum absolute atomic E-state index is 0.0589. The van der Waals surface area contributed by atoms with Gasteiger partial charge in [0.05, 0.1) is 11.4 Å². The van der Waals surface area contributed by atoms with E-state index < -0.39 is 5.82 Å². The van der Waals surface area contributed by atoms with Crippen molar-refractivity contribution in [2.75, 3.05) is 5.73 Å². The van der Waals surface area contributed by atoms with Crippen molar-refractivity contribution in [3.05, 3.63) is 52.3 Å². The number of nitrogens with two attached hydrogens (primary N) is 1. The van der Waals surface area contributed by atoms with Gasteiger partial charge in [-0.3, -0.25) is 0 Å². The molecule has 0 aliphatic rings. The van der Waals surface area contributed by atoms with E-state index in [4.69, 9.17) is 28.9 Å². The van der Waals surface area contributed by atoms with Gasteiger partial charge in [-0.15, -0.1) is 5.10 Å². The third-order valence-electron chi connectivity index (χ3n) is 2.82. The zero-order chi connectivity index (χ0) is 15.0. The summed E-state index contributed by atoms with van der Waals surface area (Å²) in [7, 11) is 0. The van der Waals surface area contributed by atoms with E-state index in [1.54, 1.807) is 24.3 Å². The van der Waals surface area contributed by atoms with Crippen LogP contribution >= 0.6 is 23.2 Å². The molecule has 0 saturated carbocycles. The molecule has 0 atom stereocenters. The molecular formula is C13H8Cl2FN5. The molecular weight excluding hydrogens is 316 g/mol. The van der Waals surface area contributed by atoms with Crippen molar-refractivity contribution in [2.24, 2.45) is 0 Å². The first-order valence-electron chi connectivity index (χ1n) is 5.85. The van der Waals surface area contributed by atoms with E-state index in [0.29, 0.717) is 27.1 Å². The summed E-state index contributed by atoms with van der Waals surface area (Å²) in [4.78, 5) is 0. The van der Waals surface area contributed by atoms with Crippen molar-refractivity contribution in [1.29, 1.82) is 0 Å². The molecule has 2 N–H and O–H groups in total. The van der Waals surface area contributed by atoms with Crippen molar-refractivity contribution in [1.82, 2.24) is 20.2 Å². The van der Waals surface area contributed by atoms with Crippen LogP contribution < -0.4 is 5.73 Å². The van der Waals surface area contributed by atoms with Crippen LogP contribution in [0.5, 0.6) is 0 Å². The van der Waals surface area contributed by atoms with Gasteiger partial charge in [0.25, 0.3) is 0 Å². The van der Waals surface area contributed by atoms with E-state index in [1.807, 2.05) is 0 Å². The smallest absolute Gasteiger partial charge is 0.187 e. The monoisotopic (exact) mass is 323 g/mol. The summed E-state index contributed by atoms with van der Waals surface area (Å²) in [5.41, 5.74) is 6.58. The Balaban J connectivity index is 2.14. The first kappa shape index (κ1) is 13.8. The summed E-state index contributed by atoms with van der Waals surface area (Å²) in [5, 5.41) is 12.3. The Morgan fingerprint density at radius 3 is 2.43 bits per heavy atom. The van der Waals surface area contributed by atoms with Gasteiger partial charge in [-0.2, -0.15) is 4.68 Å². The summed E-state index contributed by atoms with van der Waals surface area (Å²) in [6.07, 6.45) is 0. The van der Waals surface area contributed by atoms with Crippen LogP contribution in [0, 0.1) is 5.82 Å². The van der Waals surface area contributed by atoms with Gasteiger partial charge in [-0.05, 0) is 46.8 Å². The molecule has 0 bridgehead atoms. The Hall–Kier alpha value is -2.18. The number of hydrogen-bond acceptors (Lipinski definition) is 4. The first-order valence-corrected chi connectivity index (χ1v) is 6.60. The van der Waals surface area contributed by atoms with Crippen LogP contribution in [0.15, 0.2) is 36.4 Å². The Labute approximate surface area is 129 Å². The molecule has 0 amide bonds. The van der Waals surface area contributed by atoms with Gasteiger partial charge in [-0.25, -0.2) is 4.39 Å². The first-order chi connectivity index (χ1) is 10.0. The summed E-state index contributed by atoms with van der Waals surface area (Å²) >= 11 is 11.9. The molecule has 0 aliphatic carbocycles. The lowest BCUT2D eigenvalue weighted by atomic mass is 10.2. The average molecular weight is 324 g/mol. The molecule has 0 saturated heterocycles. The molecule has 0 unspecified atom stereocenters. The van der Waals surface area contributed by atoms with E-state index in [2.05, 4.69) is 15.5 Å². The summed E-state index contributed by atoms with van der Waals surface area (Å²) in [6, 6.07) is 9.26. The van der Waals surface area contributed by atoms with E-state index >= 15 is 0 Å². The van der Waals surface area contributed by atoms with Gasteiger partial charge in [0.15, 0.2) is 5.82 Å². The lowest BCUT2D eigenvalue weighted by molar-refractivity contribution is 0.632. The van der Waals surface area contributed by atoms with Crippen LogP contribution in [0.2, 0.25) is 10.0 Å². The topological polar surface area (TPSA) is 69.6 Å². The third-order valence-corrected chi connectivity index (χ3v) is 3.26. The number of nitrogens with zero attached hydrogens (tertiary/aromatic N) is 4. The number of aromatic nitrogens is 4. The molecule has 21 heavy (non-hydrogen) atoms. The molecule has 0 fully saturated rings. The molecule has 5 nitrogen and oxygen atoms in total. The highest BCUT2D eigenvalue weighted by atomic mass is 35.5. The van der Waals surface area contributed by atoms with Gasteiger partial charge >= 0.3 is 0 Å². The fourth-order valence-corrected chi connectivity index (χ4v) is 2.38. The predicted molar refractivity (Wildman–Crippen MR) is 79.0 cm³/mol. The van der Waals surface area contributed by atoms with Gasteiger partial charge < -0.3 is 5.73 Å². The van der Waals surface area contributed by atoms with Crippen molar-refractivity contribution < 1.29 is 4.39 Å². The van der Waals surface area contributed by atoms with Gasteiger partial charge in [0.2, 0.25) is 0 Å². The maximum atomic E-state index is 13.6. The molecule has 2 aromatic carbocycles. The molecule has 1 aromatic heterocycles. The average Bonchev–Trinajstić information content (AvgIpc) is 2.90. The predicted octanol–water partition coefficient (Wildman–Crippen LogP) is 3.36. The summed E-state index contributed by atoms with van der Waals surface area (Å²) < 4.78 is 15.0. The summed E-state index contributed by atoms with van der Waals surface area (Å²) in [5.74, 6) is -0.182. The Bertz CT molecular complexity index is 798.